The van der Waals surface area contributed by atoms with Crippen molar-refractivity contribution in [1.82, 2.24) is 0 Å². The average Bonchev–Trinajstić information content (AvgIpc) is 2.49. The van der Waals surface area contributed by atoms with Gasteiger partial charge in [-0.25, -0.2) is 4.39 Å². The largest absolute Gasteiger partial charge is 0.395 e. The van der Waals surface area contributed by atoms with Crippen molar-refractivity contribution in [1.29, 1.82) is 0 Å². The number of aliphatic hydroxyl groups excluding tert-OH is 2. The molecule has 0 heterocycles. The number of aryl methyl sites for hydroxylation is 2. The second-order valence-corrected chi connectivity index (χ2v) is 5.71. The minimum atomic E-state index is -0.799. The Morgan fingerprint density at radius 3 is 2.14 bits per heavy atom. The average molecular weight is 288 g/mol. The third kappa shape index (κ3) is 3.31. The molecule has 0 saturated carbocycles. The Kier molecular flexibility index (Phi) is 4.76. The fraction of sp³-hybridized carbons (Fsp3) is 0.333. The van der Waals surface area contributed by atoms with Gasteiger partial charge in [-0.15, -0.1) is 0 Å². The minimum Gasteiger partial charge on any atom is -0.395 e. The van der Waals surface area contributed by atoms with Crippen molar-refractivity contribution < 1.29 is 14.6 Å². The molecule has 0 aliphatic heterocycles. The second kappa shape index (κ2) is 6.37. The van der Waals surface area contributed by atoms with E-state index in [2.05, 4.69) is 6.07 Å². The molecule has 0 fully saturated rings. The van der Waals surface area contributed by atoms with E-state index in [4.69, 9.17) is 0 Å². The van der Waals surface area contributed by atoms with Gasteiger partial charge in [0, 0.05) is 5.41 Å². The van der Waals surface area contributed by atoms with E-state index in [1.165, 1.54) is 12.1 Å². The molecule has 2 aromatic carbocycles. The molecule has 0 aromatic heterocycles. The summed E-state index contributed by atoms with van der Waals surface area (Å²) in [5, 5.41) is 19.7. The Morgan fingerprint density at radius 2 is 1.57 bits per heavy atom. The number of hydrogen-bond acceptors (Lipinski definition) is 2. The summed E-state index contributed by atoms with van der Waals surface area (Å²) < 4.78 is 13.1. The van der Waals surface area contributed by atoms with E-state index in [-0.39, 0.29) is 19.0 Å². The molecule has 2 rings (SSSR count). The second-order valence-electron chi connectivity index (χ2n) is 5.71. The summed E-state index contributed by atoms with van der Waals surface area (Å²) in [4.78, 5) is 0. The van der Waals surface area contributed by atoms with Gasteiger partial charge in [-0.2, -0.15) is 0 Å². The molecular formula is C18H21FO2. The van der Waals surface area contributed by atoms with Crippen LogP contribution in [-0.2, 0) is 11.8 Å². The quantitative estimate of drug-likeness (QED) is 0.888. The normalized spacial score (nSPS) is 11.7. The number of rotatable bonds is 5. The molecule has 112 valence electrons. The van der Waals surface area contributed by atoms with Crippen LogP contribution in [0, 0.1) is 19.7 Å². The van der Waals surface area contributed by atoms with Gasteiger partial charge in [-0.05, 0) is 49.1 Å². The molecule has 2 N–H and O–H groups in total. The van der Waals surface area contributed by atoms with Crippen LogP contribution in [0.5, 0.6) is 0 Å². The standard InChI is InChI=1S/C18H21FO2/c1-13-3-4-14(2)15(9-13)10-18(11-20,12-21)16-5-7-17(19)8-6-16/h3-9,20-21H,10-12H2,1-2H3. The van der Waals surface area contributed by atoms with Crippen LogP contribution in [0.3, 0.4) is 0 Å². The molecule has 0 aliphatic carbocycles. The van der Waals surface area contributed by atoms with Gasteiger partial charge in [0.1, 0.15) is 5.82 Å². The summed E-state index contributed by atoms with van der Waals surface area (Å²) in [6.45, 7) is 3.64. The predicted molar refractivity (Wildman–Crippen MR) is 81.9 cm³/mol. The van der Waals surface area contributed by atoms with Crippen molar-refractivity contribution in [2.45, 2.75) is 25.7 Å². The molecule has 3 heteroatoms. The van der Waals surface area contributed by atoms with E-state index < -0.39 is 5.41 Å². The molecule has 0 bridgehead atoms. The van der Waals surface area contributed by atoms with E-state index >= 15 is 0 Å². The monoisotopic (exact) mass is 288 g/mol. The zero-order valence-corrected chi connectivity index (χ0v) is 12.4. The molecule has 0 saturated heterocycles. The zero-order valence-electron chi connectivity index (χ0n) is 12.4. The van der Waals surface area contributed by atoms with Gasteiger partial charge >= 0.3 is 0 Å². The lowest BCUT2D eigenvalue weighted by Gasteiger charge is -2.31. The summed E-state index contributed by atoms with van der Waals surface area (Å²) in [6.07, 6.45) is 0.513. The Bertz CT molecular complexity index is 601. The number of hydrogen-bond donors (Lipinski definition) is 2. The highest BCUT2D eigenvalue weighted by Gasteiger charge is 2.32. The highest BCUT2D eigenvalue weighted by molar-refractivity contribution is 5.36. The molecule has 0 aliphatic rings. The van der Waals surface area contributed by atoms with Gasteiger partial charge < -0.3 is 10.2 Å². The summed E-state index contributed by atoms with van der Waals surface area (Å²) in [6, 6.07) is 12.1. The SMILES string of the molecule is Cc1ccc(C)c(CC(CO)(CO)c2ccc(F)cc2)c1. The topological polar surface area (TPSA) is 40.5 Å². The molecule has 2 aromatic rings. The highest BCUT2D eigenvalue weighted by atomic mass is 19.1. The fourth-order valence-corrected chi connectivity index (χ4v) is 2.61. The first-order valence-corrected chi connectivity index (χ1v) is 7.05. The van der Waals surface area contributed by atoms with Gasteiger partial charge in [-0.1, -0.05) is 35.9 Å². The first-order chi connectivity index (χ1) is 10.0. The lowest BCUT2D eigenvalue weighted by atomic mass is 9.76. The third-order valence-electron chi connectivity index (χ3n) is 4.10. The molecule has 0 radical (unpaired) electrons. The molecule has 2 nitrogen and oxygen atoms in total. The summed E-state index contributed by atoms with van der Waals surface area (Å²) in [5.41, 5.74) is 3.29. The van der Waals surface area contributed by atoms with Crippen molar-refractivity contribution in [3.63, 3.8) is 0 Å². The molecule has 21 heavy (non-hydrogen) atoms. The molecule has 0 atom stereocenters. The molecule has 0 spiro atoms. The van der Waals surface area contributed by atoms with Crippen LogP contribution in [0.1, 0.15) is 22.3 Å². The lowest BCUT2D eigenvalue weighted by molar-refractivity contribution is 0.116. The predicted octanol–water partition coefficient (Wildman–Crippen LogP) is 2.91. The van der Waals surface area contributed by atoms with Crippen LogP contribution >= 0.6 is 0 Å². The molecular weight excluding hydrogens is 267 g/mol. The van der Waals surface area contributed by atoms with Crippen molar-refractivity contribution in [2.75, 3.05) is 13.2 Å². The van der Waals surface area contributed by atoms with Crippen LogP contribution in [0.4, 0.5) is 4.39 Å². The van der Waals surface area contributed by atoms with Crippen LogP contribution in [0.15, 0.2) is 42.5 Å². The maximum absolute atomic E-state index is 13.1. The Hall–Kier alpha value is -1.71. The zero-order chi connectivity index (χ0) is 15.5. The van der Waals surface area contributed by atoms with Crippen molar-refractivity contribution in [3.8, 4) is 0 Å². The maximum Gasteiger partial charge on any atom is 0.123 e. The van der Waals surface area contributed by atoms with Gasteiger partial charge in [0.2, 0.25) is 0 Å². The molecule has 0 unspecified atom stereocenters. The van der Waals surface area contributed by atoms with Crippen LogP contribution < -0.4 is 0 Å². The van der Waals surface area contributed by atoms with E-state index in [0.717, 1.165) is 22.3 Å². The van der Waals surface area contributed by atoms with Crippen molar-refractivity contribution in [2.24, 2.45) is 0 Å². The van der Waals surface area contributed by atoms with Crippen LogP contribution in [-0.4, -0.2) is 23.4 Å². The van der Waals surface area contributed by atoms with E-state index in [1.807, 2.05) is 26.0 Å². The Morgan fingerprint density at radius 1 is 0.952 bits per heavy atom. The van der Waals surface area contributed by atoms with Crippen molar-refractivity contribution >= 4 is 0 Å². The van der Waals surface area contributed by atoms with Crippen LogP contribution in [0.25, 0.3) is 0 Å². The lowest BCUT2D eigenvalue weighted by Crippen LogP contribution is -2.37. The van der Waals surface area contributed by atoms with E-state index in [9.17, 15) is 14.6 Å². The first-order valence-electron chi connectivity index (χ1n) is 7.05. The number of aliphatic hydroxyl groups is 2. The van der Waals surface area contributed by atoms with E-state index in [0.29, 0.717) is 6.42 Å². The summed E-state index contributed by atoms with van der Waals surface area (Å²) >= 11 is 0. The van der Waals surface area contributed by atoms with Gasteiger partial charge in [-0.3, -0.25) is 0 Å². The Labute approximate surface area is 124 Å². The van der Waals surface area contributed by atoms with E-state index in [1.54, 1.807) is 12.1 Å². The highest BCUT2D eigenvalue weighted by Crippen LogP contribution is 2.29. The minimum absolute atomic E-state index is 0.192. The van der Waals surface area contributed by atoms with Gasteiger partial charge in [0.05, 0.1) is 13.2 Å². The third-order valence-corrected chi connectivity index (χ3v) is 4.10. The van der Waals surface area contributed by atoms with Gasteiger partial charge in [0.15, 0.2) is 0 Å². The summed E-state index contributed by atoms with van der Waals surface area (Å²) in [7, 11) is 0. The van der Waals surface area contributed by atoms with Crippen molar-refractivity contribution in [3.05, 3.63) is 70.5 Å². The first kappa shape index (κ1) is 15.7. The van der Waals surface area contributed by atoms with Gasteiger partial charge in [0.25, 0.3) is 0 Å². The number of benzene rings is 2. The maximum atomic E-state index is 13.1. The summed E-state index contributed by atoms with van der Waals surface area (Å²) in [5.74, 6) is -0.324. The van der Waals surface area contributed by atoms with Crippen LogP contribution in [0.2, 0.25) is 0 Å². The number of halogens is 1. The molecule has 0 amide bonds. The fourth-order valence-electron chi connectivity index (χ4n) is 2.61. The Balaban J connectivity index is 2.42. The smallest absolute Gasteiger partial charge is 0.123 e.